The molecule has 0 atom stereocenters. The van der Waals surface area contributed by atoms with Gasteiger partial charge < -0.3 is 4.90 Å². The molecule has 0 spiro atoms. The van der Waals surface area contributed by atoms with Crippen LogP contribution in [0.2, 0.25) is 0 Å². The second-order valence-corrected chi connectivity index (χ2v) is 7.51. The molecule has 2 rings (SSSR count). The quantitative estimate of drug-likeness (QED) is 0.917. The summed E-state index contributed by atoms with van der Waals surface area (Å²) in [6, 6.07) is 7.07. The Morgan fingerprint density at radius 2 is 2.05 bits per heavy atom. The smallest absolute Gasteiger partial charge is 0.254 e. The molecule has 1 aromatic carbocycles. The Morgan fingerprint density at radius 3 is 2.50 bits per heavy atom. The molecular weight excluding hydrogens is 302 g/mol. The third-order valence-corrected chi connectivity index (χ3v) is 4.71. The van der Waals surface area contributed by atoms with Gasteiger partial charge in [-0.05, 0) is 43.9 Å². The van der Waals surface area contributed by atoms with Crippen LogP contribution in [0.4, 0.5) is 5.69 Å². The average molecular weight is 321 g/mol. The Bertz CT molecular complexity index is 746. The number of rotatable bonds is 4. The molecule has 1 N–H and O–H groups in total. The number of carbonyl (C=O) groups is 1. The van der Waals surface area contributed by atoms with Crippen molar-refractivity contribution in [3.8, 4) is 6.07 Å². The molecule has 0 aliphatic heterocycles. The predicted octanol–water partition coefficient (Wildman–Crippen LogP) is 1.88. The van der Waals surface area contributed by atoms with Crippen molar-refractivity contribution in [1.82, 2.24) is 4.90 Å². The molecule has 1 aliphatic rings. The van der Waals surface area contributed by atoms with Crippen LogP contribution in [0.15, 0.2) is 18.2 Å². The molecule has 6 nitrogen and oxygen atoms in total. The Labute approximate surface area is 130 Å². The van der Waals surface area contributed by atoms with E-state index in [4.69, 9.17) is 0 Å². The van der Waals surface area contributed by atoms with Crippen molar-refractivity contribution in [2.24, 2.45) is 0 Å². The number of nitrogens with zero attached hydrogens (tertiary/aromatic N) is 2. The summed E-state index contributed by atoms with van der Waals surface area (Å²) in [5.74, 6) is -0.280. The maximum absolute atomic E-state index is 12.6. The summed E-state index contributed by atoms with van der Waals surface area (Å²) in [5.41, 5.74) is 0.734. The second kappa shape index (κ2) is 5.61. The molecule has 118 valence electrons. The van der Waals surface area contributed by atoms with Crippen molar-refractivity contribution in [2.45, 2.75) is 31.7 Å². The minimum Gasteiger partial charge on any atom is -0.323 e. The number of amides is 1. The van der Waals surface area contributed by atoms with Gasteiger partial charge in [0.15, 0.2) is 0 Å². The molecule has 1 amide bonds. The lowest BCUT2D eigenvalue weighted by Crippen LogP contribution is -2.53. The number of nitriles is 1. The summed E-state index contributed by atoms with van der Waals surface area (Å²) in [6.45, 7) is 1.76. The van der Waals surface area contributed by atoms with Crippen LogP contribution in [0.25, 0.3) is 0 Å². The van der Waals surface area contributed by atoms with E-state index in [0.717, 1.165) is 18.2 Å². The number of benzene rings is 1. The van der Waals surface area contributed by atoms with Crippen LogP contribution in [0.1, 0.15) is 35.2 Å². The number of sulfonamides is 1. The highest BCUT2D eigenvalue weighted by Crippen LogP contribution is 2.37. The number of aryl methyl sites for hydroxylation is 1. The molecule has 0 aromatic heterocycles. The fraction of sp³-hybridized carbons (Fsp3) is 0.467. The number of hydrogen-bond donors (Lipinski definition) is 1. The summed E-state index contributed by atoms with van der Waals surface area (Å²) < 4.78 is 25.2. The van der Waals surface area contributed by atoms with Crippen LogP contribution in [-0.2, 0) is 10.0 Å². The summed E-state index contributed by atoms with van der Waals surface area (Å²) in [6.07, 6.45) is 3.34. The van der Waals surface area contributed by atoms with Gasteiger partial charge in [-0.3, -0.25) is 9.52 Å². The zero-order chi connectivity index (χ0) is 16.5. The number of hydrogen-bond acceptors (Lipinski definition) is 4. The summed E-state index contributed by atoms with van der Waals surface area (Å²) in [5, 5.41) is 9.32. The van der Waals surface area contributed by atoms with Crippen LogP contribution in [0.5, 0.6) is 0 Å². The topological polar surface area (TPSA) is 90.3 Å². The van der Waals surface area contributed by atoms with E-state index >= 15 is 0 Å². The highest BCUT2D eigenvalue weighted by Gasteiger charge is 2.43. The highest BCUT2D eigenvalue weighted by molar-refractivity contribution is 7.92. The van der Waals surface area contributed by atoms with E-state index in [9.17, 15) is 18.5 Å². The Hall–Kier alpha value is -2.07. The van der Waals surface area contributed by atoms with Crippen molar-refractivity contribution in [2.75, 3.05) is 18.0 Å². The van der Waals surface area contributed by atoms with Gasteiger partial charge in [0.25, 0.3) is 5.91 Å². The Kier molecular flexibility index (Phi) is 4.16. The van der Waals surface area contributed by atoms with Crippen molar-refractivity contribution in [3.63, 3.8) is 0 Å². The van der Waals surface area contributed by atoms with Gasteiger partial charge in [-0.25, -0.2) is 8.42 Å². The maximum Gasteiger partial charge on any atom is 0.254 e. The number of anilines is 1. The van der Waals surface area contributed by atoms with Crippen LogP contribution >= 0.6 is 0 Å². The van der Waals surface area contributed by atoms with Crippen LogP contribution in [0.3, 0.4) is 0 Å². The van der Waals surface area contributed by atoms with Gasteiger partial charge in [0, 0.05) is 12.6 Å². The lowest BCUT2D eigenvalue weighted by atomic mass is 9.76. The van der Waals surface area contributed by atoms with Crippen molar-refractivity contribution >= 4 is 21.6 Å². The fourth-order valence-electron chi connectivity index (χ4n) is 2.49. The molecule has 1 aromatic rings. The minimum atomic E-state index is -3.42. The molecule has 0 saturated heterocycles. The summed E-state index contributed by atoms with van der Waals surface area (Å²) in [4.78, 5) is 14.0. The molecule has 22 heavy (non-hydrogen) atoms. The van der Waals surface area contributed by atoms with Gasteiger partial charge >= 0.3 is 0 Å². The average Bonchev–Trinajstić information content (AvgIpc) is 2.38. The molecule has 7 heteroatoms. The van der Waals surface area contributed by atoms with Crippen molar-refractivity contribution in [3.05, 3.63) is 29.3 Å². The fourth-order valence-corrected chi connectivity index (χ4v) is 3.11. The predicted molar refractivity (Wildman–Crippen MR) is 83.9 cm³/mol. The summed E-state index contributed by atoms with van der Waals surface area (Å²) >= 11 is 0. The second-order valence-electron chi connectivity index (χ2n) is 5.77. The van der Waals surface area contributed by atoms with Crippen molar-refractivity contribution in [1.29, 1.82) is 5.26 Å². The zero-order valence-corrected chi connectivity index (χ0v) is 13.7. The van der Waals surface area contributed by atoms with E-state index in [-0.39, 0.29) is 5.91 Å². The van der Waals surface area contributed by atoms with Gasteiger partial charge in [-0.2, -0.15) is 5.26 Å². The first-order chi connectivity index (χ1) is 10.2. The van der Waals surface area contributed by atoms with E-state index in [0.29, 0.717) is 24.1 Å². The third-order valence-electron chi connectivity index (χ3n) is 4.12. The summed E-state index contributed by atoms with van der Waals surface area (Å²) in [7, 11) is -1.80. The number of carbonyl (C=O) groups excluding carboxylic acids is 1. The van der Waals surface area contributed by atoms with Crippen LogP contribution < -0.4 is 4.72 Å². The maximum atomic E-state index is 12.6. The molecule has 0 radical (unpaired) electrons. The van der Waals surface area contributed by atoms with Crippen LogP contribution in [0, 0.1) is 18.3 Å². The molecule has 1 aliphatic carbocycles. The normalized spacial score (nSPS) is 16.3. The molecular formula is C15H19N3O3S. The number of nitrogens with one attached hydrogen (secondary N) is 1. The molecule has 1 saturated carbocycles. The highest BCUT2D eigenvalue weighted by atomic mass is 32.2. The first-order valence-corrected chi connectivity index (χ1v) is 8.85. The van der Waals surface area contributed by atoms with E-state index in [1.165, 1.54) is 11.0 Å². The van der Waals surface area contributed by atoms with Gasteiger partial charge in [0.1, 0.15) is 5.54 Å². The van der Waals surface area contributed by atoms with Crippen LogP contribution in [-0.4, -0.2) is 38.1 Å². The first-order valence-electron chi connectivity index (χ1n) is 6.96. The van der Waals surface area contributed by atoms with Gasteiger partial charge in [-0.1, -0.05) is 6.07 Å². The minimum absolute atomic E-state index is 0.280. The lowest BCUT2D eigenvalue weighted by molar-refractivity contribution is 0.0497. The third kappa shape index (κ3) is 3.07. The molecule has 1 fully saturated rings. The van der Waals surface area contributed by atoms with E-state index in [2.05, 4.69) is 10.8 Å². The lowest BCUT2D eigenvalue weighted by Gasteiger charge is -2.43. The van der Waals surface area contributed by atoms with Gasteiger partial charge in [0.2, 0.25) is 10.0 Å². The molecule has 0 unspecified atom stereocenters. The van der Waals surface area contributed by atoms with E-state index in [1.807, 2.05) is 0 Å². The largest absolute Gasteiger partial charge is 0.323 e. The van der Waals surface area contributed by atoms with E-state index in [1.54, 1.807) is 26.1 Å². The Morgan fingerprint density at radius 1 is 1.41 bits per heavy atom. The first kappa shape index (κ1) is 16.3. The molecule has 0 bridgehead atoms. The standard InChI is InChI=1S/C15H19N3O3S/c1-11-5-6-12(9-13(11)17-22(3,20)21)14(19)18(2)15(10-16)7-4-8-15/h5-6,9,17H,4,7-8H2,1-3H3. The zero-order valence-electron chi connectivity index (χ0n) is 12.9. The monoisotopic (exact) mass is 321 g/mol. The van der Waals surface area contributed by atoms with Gasteiger partial charge in [0.05, 0.1) is 18.0 Å². The molecule has 0 heterocycles. The van der Waals surface area contributed by atoms with E-state index < -0.39 is 15.6 Å². The van der Waals surface area contributed by atoms with Crippen molar-refractivity contribution < 1.29 is 13.2 Å². The Balaban J connectivity index is 2.31. The SMILES string of the molecule is Cc1ccc(C(=O)N(C)C2(C#N)CCC2)cc1NS(C)(=O)=O. The van der Waals surface area contributed by atoms with Gasteiger partial charge in [-0.15, -0.1) is 0 Å².